The Morgan fingerprint density at radius 2 is 1.85 bits per heavy atom. The van der Waals surface area contributed by atoms with E-state index < -0.39 is 0 Å². The van der Waals surface area contributed by atoms with Gasteiger partial charge in [0.25, 0.3) is 5.91 Å². The predicted molar refractivity (Wildman–Crippen MR) is 89.7 cm³/mol. The highest BCUT2D eigenvalue weighted by Crippen LogP contribution is 2.27. The predicted octanol–water partition coefficient (Wildman–Crippen LogP) is 4.62. The Morgan fingerprint density at radius 1 is 1.25 bits per heavy atom. The summed E-state index contributed by atoms with van der Waals surface area (Å²) in [6, 6.07) is 8.19. The molecule has 0 aliphatic rings. The van der Waals surface area contributed by atoms with Gasteiger partial charge in [-0.15, -0.1) is 0 Å². The highest BCUT2D eigenvalue weighted by atomic mass is 79.9. The van der Waals surface area contributed by atoms with Crippen LogP contribution in [-0.2, 0) is 5.41 Å². The standard InChI is InChI=1S/C17H26BrNO/c1-13(2)19(12-8-11-18)16(20)14-9-6-7-10-15(14)17(3,4)5/h6-7,9-10,13H,8,11-12H2,1-5H3. The molecule has 1 rings (SSSR count). The van der Waals surface area contributed by atoms with Crippen LogP contribution < -0.4 is 0 Å². The Labute approximate surface area is 131 Å². The lowest BCUT2D eigenvalue weighted by molar-refractivity contribution is 0.0704. The number of rotatable bonds is 5. The van der Waals surface area contributed by atoms with Gasteiger partial charge in [-0.25, -0.2) is 0 Å². The average Bonchev–Trinajstić information content (AvgIpc) is 2.37. The highest BCUT2D eigenvalue weighted by Gasteiger charge is 2.25. The SMILES string of the molecule is CC(C)N(CCCBr)C(=O)c1ccccc1C(C)(C)C. The fourth-order valence-electron chi connectivity index (χ4n) is 2.30. The first kappa shape index (κ1) is 17.2. The van der Waals surface area contributed by atoms with Crippen molar-refractivity contribution >= 4 is 21.8 Å². The molecule has 2 nitrogen and oxygen atoms in total. The maximum Gasteiger partial charge on any atom is 0.254 e. The molecule has 1 aromatic rings. The van der Waals surface area contributed by atoms with Gasteiger partial charge in [0.2, 0.25) is 0 Å². The minimum atomic E-state index is -0.0235. The van der Waals surface area contributed by atoms with E-state index in [9.17, 15) is 4.79 Å². The second-order valence-electron chi connectivity index (χ2n) is 6.43. The summed E-state index contributed by atoms with van der Waals surface area (Å²) in [6.45, 7) is 11.4. The number of halogens is 1. The van der Waals surface area contributed by atoms with E-state index in [1.54, 1.807) is 0 Å². The lowest BCUT2D eigenvalue weighted by atomic mass is 9.83. The summed E-state index contributed by atoms with van der Waals surface area (Å²) in [5.41, 5.74) is 1.93. The van der Waals surface area contributed by atoms with Crippen LogP contribution in [0.15, 0.2) is 24.3 Å². The first-order valence-electron chi connectivity index (χ1n) is 7.25. The average molecular weight is 340 g/mol. The Kier molecular flexibility index (Phi) is 6.25. The summed E-state index contributed by atoms with van der Waals surface area (Å²) in [7, 11) is 0. The summed E-state index contributed by atoms with van der Waals surface area (Å²) < 4.78 is 0. The Bertz CT molecular complexity index is 449. The van der Waals surface area contributed by atoms with Crippen molar-refractivity contribution in [3.63, 3.8) is 0 Å². The van der Waals surface area contributed by atoms with Crippen LogP contribution in [0.5, 0.6) is 0 Å². The number of carbonyl (C=O) groups excluding carboxylic acids is 1. The molecule has 0 saturated heterocycles. The second kappa shape index (κ2) is 7.26. The van der Waals surface area contributed by atoms with Gasteiger partial charge >= 0.3 is 0 Å². The maximum atomic E-state index is 12.9. The van der Waals surface area contributed by atoms with Crippen LogP contribution in [0.2, 0.25) is 0 Å². The van der Waals surface area contributed by atoms with Gasteiger partial charge in [-0.05, 0) is 37.3 Å². The van der Waals surface area contributed by atoms with Crippen molar-refractivity contribution < 1.29 is 4.79 Å². The summed E-state index contributed by atoms with van der Waals surface area (Å²) >= 11 is 3.44. The fraction of sp³-hybridized carbons (Fsp3) is 0.588. The Balaban J connectivity index is 3.12. The number of carbonyl (C=O) groups is 1. The zero-order valence-electron chi connectivity index (χ0n) is 13.2. The van der Waals surface area contributed by atoms with E-state index in [2.05, 4.69) is 56.6 Å². The van der Waals surface area contributed by atoms with Crippen molar-refractivity contribution in [2.45, 2.75) is 52.5 Å². The van der Waals surface area contributed by atoms with E-state index >= 15 is 0 Å². The van der Waals surface area contributed by atoms with E-state index in [0.29, 0.717) is 0 Å². The molecule has 0 fully saturated rings. The fourth-order valence-corrected chi connectivity index (χ4v) is 2.55. The van der Waals surface area contributed by atoms with Crippen molar-refractivity contribution in [2.75, 3.05) is 11.9 Å². The number of hydrogen-bond donors (Lipinski definition) is 0. The van der Waals surface area contributed by atoms with Gasteiger partial charge in [0, 0.05) is 23.5 Å². The molecule has 1 amide bonds. The van der Waals surface area contributed by atoms with Crippen LogP contribution in [-0.4, -0.2) is 28.7 Å². The van der Waals surface area contributed by atoms with Crippen molar-refractivity contribution in [2.24, 2.45) is 0 Å². The summed E-state index contributed by atoms with van der Waals surface area (Å²) in [5.74, 6) is 0.145. The zero-order chi connectivity index (χ0) is 15.3. The molecule has 0 unspecified atom stereocenters. The quantitative estimate of drug-likeness (QED) is 0.716. The normalized spacial score (nSPS) is 11.8. The number of nitrogens with zero attached hydrogens (tertiary/aromatic N) is 1. The topological polar surface area (TPSA) is 20.3 Å². The summed E-state index contributed by atoms with van der Waals surface area (Å²) in [4.78, 5) is 14.8. The lowest BCUT2D eigenvalue weighted by Gasteiger charge is -2.30. The molecule has 0 N–H and O–H groups in total. The molecule has 112 valence electrons. The van der Waals surface area contributed by atoms with E-state index in [1.807, 2.05) is 23.1 Å². The smallest absolute Gasteiger partial charge is 0.254 e. The number of benzene rings is 1. The molecular formula is C17H26BrNO. The molecule has 0 saturated carbocycles. The molecule has 3 heteroatoms. The van der Waals surface area contributed by atoms with Crippen molar-refractivity contribution in [3.8, 4) is 0 Å². The van der Waals surface area contributed by atoms with Gasteiger partial charge in [-0.3, -0.25) is 4.79 Å². The minimum absolute atomic E-state index is 0.0235. The molecule has 0 bridgehead atoms. The summed E-state index contributed by atoms with van der Waals surface area (Å²) in [5, 5.41) is 0.921. The van der Waals surface area contributed by atoms with Gasteiger partial charge < -0.3 is 4.90 Å². The van der Waals surface area contributed by atoms with E-state index in [4.69, 9.17) is 0 Å². The summed E-state index contributed by atoms with van der Waals surface area (Å²) in [6.07, 6.45) is 0.974. The van der Waals surface area contributed by atoms with Crippen LogP contribution in [0.25, 0.3) is 0 Å². The minimum Gasteiger partial charge on any atom is -0.336 e. The largest absolute Gasteiger partial charge is 0.336 e. The molecule has 0 atom stereocenters. The maximum absolute atomic E-state index is 12.9. The molecule has 0 aromatic heterocycles. The van der Waals surface area contributed by atoms with Crippen molar-refractivity contribution in [3.05, 3.63) is 35.4 Å². The Hall–Kier alpha value is -0.830. The first-order chi connectivity index (χ1) is 9.29. The zero-order valence-corrected chi connectivity index (χ0v) is 14.8. The molecule has 20 heavy (non-hydrogen) atoms. The third-order valence-corrected chi connectivity index (χ3v) is 3.94. The van der Waals surface area contributed by atoms with E-state index in [-0.39, 0.29) is 17.4 Å². The highest BCUT2D eigenvalue weighted by molar-refractivity contribution is 9.09. The van der Waals surface area contributed by atoms with E-state index in [0.717, 1.165) is 29.4 Å². The molecular weight excluding hydrogens is 314 g/mol. The third kappa shape index (κ3) is 4.34. The van der Waals surface area contributed by atoms with Crippen LogP contribution in [0, 0.1) is 0 Å². The van der Waals surface area contributed by atoms with Gasteiger partial charge in [0.1, 0.15) is 0 Å². The molecule has 1 aromatic carbocycles. The number of amides is 1. The van der Waals surface area contributed by atoms with Crippen LogP contribution in [0.1, 0.15) is 57.0 Å². The van der Waals surface area contributed by atoms with Crippen LogP contribution in [0.4, 0.5) is 0 Å². The third-order valence-electron chi connectivity index (χ3n) is 3.38. The molecule has 0 aliphatic heterocycles. The van der Waals surface area contributed by atoms with Gasteiger partial charge in [0.05, 0.1) is 0 Å². The van der Waals surface area contributed by atoms with E-state index in [1.165, 1.54) is 0 Å². The van der Waals surface area contributed by atoms with Crippen LogP contribution in [0.3, 0.4) is 0 Å². The van der Waals surface area contributed by atoms with Crippen LogP contribution >= 0.6 is 15.9 Å². The monoisotopic (exact) mass is 339 g/mol. The Morgan fingerprint density at radius 3 is 2.35 bits per heavy atom. The van der Waals surface area contributed by atoms with Crippen molar-refractivity contribution in [1.82, 2.24) is 4.90 Å². The van der Waals surface area contributed by atoms with Gasteiger partial charge in [-0.1, -0.05) is 54.9 Å². The molecule has 0 heterocycles. The lowest BCUT2D eigenvalue weighted by Crippen LogP contribution is -2.39. The number of alkyl halides is 1. The molecule has 0 spiro atoms. The molecule has 0 radical (unpaired) electrons. The second-order valence-corrected chi connectivity index (χ2v) is 7.22. The number of hydrogen-bond acceptors (Lipinski definition) is 1. The molecule has 0 aliphatic carbocycles. The van der Waals surface area contributed by atoms with Crippen molar-refractivity contribution in [1.29, 1.82) is 0 Å². The first-order valence-corrected chi connectivity index (χ1v) is 8.37. The van der Waals surface area contributed by atoms with Gasteiger partial charge in [0.15, 0.2) is 0 Å². The van der Waals surface area contributed by atoms with Gasteiger partial charge in [-0.2, -0.15) is 0 Å².